The van der Waals surface area contributed by atoms with E-state index in [1.165, 1.54) is 0 Å². The lowest BCUT2D eigenvalue weighted by atomic mass is 9.95. The molecular weight excluding hydrogens is 819 g/mol. The number of ether oxygens (including phenoxy) is 11. The van der Waals surface area contributed by atoms with Gasteiger partial charge in [0.2, 0.25) is 6.29 Å². The summed E-state index contributed by atoms with van der Waals surface area (Å²) in [6.07, 6.45) is -12.1. The van der Waals surface area contributed by atoms with E-state index in [0.29, 0.717) is 11.3 Å². The minimum atomic E-state index is -1.66. The highest BCUT2D eigenvalue weighted by molar-refractivity contribution is 5.76. The van der Waals surface area contributed by atoms with Crippen LogP contribution in [0.2, 0.25) is 0 Å². The van der Waals surface area contributed by atoms with E-state index in [-0.39, 0.29) is 33.0 Å². The molecule has 17 nitrogen and oxygen atoms in total. The summed E-state index contributed by atoms with van der Waals surface area (Å²) in [6.45, 7) is 2.52. The lowest BCUT2D eigenvalue weighted by Gasteiger charge is -2.48. The van der Waals surface area contributed by atoms with Crippen LogP contribution in [0, 0.1) is 0 Å². The summed E-state index contributed by atoms with van der Waals surface area (Å²) in [5.74, 6) is -1.84. The quantitative estimate of drug-likeness (QED) is 0.0322. The van der Waals surface area contributed by atoms with Crippen molar-refractivity contribution < 1.29 is 66.5 Å². The first-order chi connectivity index (χ1) is 30.7. The number of nitrogens with zero attached hydrogens (tertiary/aromatic N) is 3. The fraction of sp³-hybridized carbons (Fsp3) is 0.413. The Morgan fingerprint density at radius 1 is 0.603 bits per heavy atom. The SMILES string of the molecule is COC(=O)C1O[C@@H](OC(C)=O)C(OC(C)=O)[C@H](OCc2ccccc2)[C@@H]1O[C@H]1OC(COCc2ccccc2)[C@@H](OCc2ccc(OC)cc2)[C@@H](OCc2ccccc2)C1N=[N+]=[N-]. The van der Waals surface area contributed by atoms with Crippen LogP contribution in [0.1, 0.15) is 36.1 Å². The van der Waals surface area contributed by atoms with Crippen molar-refractivity contribution in [1.82, 2.24) is 0 Å². The van der Waals surface area contributed by atoms with Gasteiger partial charge >= 0.3 is 17.9 Å². The predicted octanol–water partition coefficient (Wildman–Crippen LogP) is 6.15. The summed E-state index contributed by atoms with van der Waals surface area (Å²) in [5, 5.41) is 4.16. The van der Waals surface area contributed by atoms with Gasteiger partial charge in [-0.05, 0) is 39.9 Å². The first kappa shape index (κ1) is 46.6. The molecule has 17 heteroatoms. The van der Waals surface area contributed by atoms with Gasteiger partial charge in [0.05, 0.1) is 47.3 Å². The molecule has 0 amide bonds. The van der Waals surface area contributed by atoms with E-state index in [1.807, 2.05) is 103 Å². The van der Waals surface area contributed by atoms with Gasteiger partial charge in [-0.25, -0.2) is 4.79 Å². The van der Waals surface area contributed by atoms with E-state index in [4.69, 9.17) is 52.1 Å². The third kappa shape index (κ3) is 13.1. The second-order valence-corrected chi connectivity index (χ2v) is 14.6. The second-order valence-electron chi connectivity index (χ2n) is 14.6. The van der Waals surface area contributed by atoms with Crippen molar-refractivity contribution >= 4 is 17.9 Å². The van der Waals surface area contributed by atoms with E-state index in [9.17, 15) is 19.9 Å². The molecule has 0 N–H and O–H groups in total. The smallest absolute Gasteiger partial charge is 0.338 e. The number of hydrogen-bond acceptors (Lipinski definition) is 15. The lowest BCUT2D eigenvalue weighted by Crippen LogP contribution is -2.66. The van der Waals surface area contributed by atoms with Crippen LogP contribution >= 0.6 is 0 Å². The fourth-order valence-electron chi connectivity index (χ4n) is 7.21. The lowest BCUT2D eigenvalue weighted by molar-refractivity contribution is -0.346. The van der Waals surface area contributed by atoms with Crippen LogP contribution in [0.4, 0.5) is 0 Å². The maximum atomic E-state index is 13.7. The van der Waals surface area contributed by atoms with Gasteiger partial charge in [0.1, 0.15) is 42.3 Å². The number of benzene rings is 4. The maximum Gasteiger partial charge on any atom is 0.338 e. The zero-order valence-corrected chi connectivity index (χ0v) is 35.3. The Labute approximate surface area is 364 Å². The molecule has 0 spiro atoms. The summed E-state index contributed by atoms with van der Waals surface area (Å²) in [6, 6.07) is 34.0. The van der Waals surface area contributed by atoms with Gasteiger partial charge in [-0.3, -0.25) is 9.59 Å². The van der Waals surface area contributed by atoms with Crippen LogP contribution in [0.5, 0.6) is 5.75 Å². The molecule has 10 atom stereocenters. The molecule has 0 radical (unpaired) electrons. The molecule has 334 valence electrons. The highest BCUT2D eigenvalue weighted by Crippen LogP contribution is 2.36. The first-order valence-electron chi connectivity index (χ1n) is 20.3. The number of methoxy groups -OCH3 is 2. The van der Waals surface area contributed by atoms with Gasteiger partial charge in [0.25, 0.3) is 0 Å². The van der Waals surface area contributed by atoms with Crippen molar-refractivity contribution in [1.29, 1.82) is 0 Å². The van der Waals surface area contributed by atoms with Crippen molar-refractivity contribution in [3.63, 3.8) is 0 Å². The first-order valence-corrected chi connectivity index (χ1v) is 20.3. The van der Waals surface area contributed by atoms with Crippen LogP contribution in [0.15, 0.2) is 120 Å². The Hall–Kier alpha value is -5.88. The molecular formula is C46H51N3O14. The normalized spacial score (nSPS) is 25.5. The molecule has 0 aliphatic carbocycles. The number of rotatable bonds is 20. The van der Waals surface area contributed by atoms with E-state index < -0.39 is 79.3 Å². The van der Waals surface area contributed by atoms with E-state index in [1.54, 1.807) is 19.2 Å². The average Bonchev–Trinajstić information content (AvgIpc) is 3.29. The van der Waals surface area contributed by atoms with Crippen LogP contribution in [0.25, 0.3) is 10.4 Å². The molecule has 4 aromatic rings. The van der Waals surface area contributed by atoms with Crippen LogP contribution in [-0.2, 0) is 88.2 Å². The van der Waals surface area contributed by atoms with Crippen molar-refractivity contribution in [2.75, 3.05) is 20.8 Å². The Balaban J connectivity index is 1.41. The molecule has 2 fully saturated rings. The van der Waals surface area contributed by atoms with Crippen molar-refractivity contribution in [2.45, 2.75) is 102 Å². The largest absolute Gasteiger partial charge is 0.497 e. The maximum absolute atomic E-state index is 13.7. The van der Waals surface area contributed by atoms with Gasteiger partial charge in [-0.15, -0.1) is 0 Å². The Kier molecular flexibility index (Phi) is 17.4. The molecule has 0 saturated carbocycles. The van der Waals surface area contributed by atoms with Crippen molar-refractivity contribution in [2.24, 2.45) is 5.11 Å². The van der Waals surface area contributed by atoms with Crippen molar-refractivity contribution in [3.05, 3.63) is 148 Å². The zero-order chi connectivity index (χ0) is 44.6. The van der Waals surface area contributed by atoms with Crippen LogP contribution in [-0.4, -0.2) is 100 Å². The van der Waals surface area contributed by atoms with E-state index >= 15 is 0 Å². The molecule has 4 aromatic carbocycles. The molecule has 2 saturated heterocycles. The number of azide groups is 1. The standard InChI is InChI=1S/C46H51N3O14/c1-29(50)59-43-40(58-26-33-18-12-7-13-19-33)41(42(44(52)54-4)63-46(43)60-30(2)51)62-45-37(48-49-47)39(57-25-32-16-10-6-11-17-32)38(56-27-34-20-22-35(53-3)23-21-34)36(61-45)28-55-24-31-14-8-5-9-15-31/h5-23,36-43,45-46H,24-28H2,1-4H3/t36?,37?,38-,39+,40-,41+,42?,43?,45-,46-/m1/s1. The zero-order valence-electron chi connectivity index (χ0n) is 35.3. The average molecular weight is 870 g/mol. The highest BCUT2D eigenvalue weighted by Gasteiger charge is 2.57. The molecule has 6 rings (SSSR count). The van der Waals surface area contributed by atoms with Gasteiger partial charge in [-0.1, -0.05) is 108 Å². The second kappa shape index (κ2) is 23.5. The minimum absolute atomic E-state index is 0.0592. The number of carbonyl (C=O) groups is 3. The summed E-state index contributed by atoms with van der Waals surface area (Å²) >= 11 is 0. The van der Waals surface area contributed by atoms with E-state index in [2.05, 4.69) is 10.0 Å². The highest BCUT2D eigenvalue weighted by atomic mass is 16.8. The molecule has 0 bridgehead atoms. The van der Waals surface area contributed by atoms with Crippen LogP contribution in [0.3, 0.4) is 0 Å². The third-order valence-electron chi connectivity index (χ3n) is 10.2. The van der Waals surface area contributed by atoms with Gasteiger partial charge in [0.15, 0.2) is 18.5 Å². The Morgan fingerprint density at radius 2 is 1.13 bits per heavy atom. The fourth-order valence-corrected chi connectivity index (χ4v) is 7.21. The van der Waals surface area contributed by atoms with Crippen LogP contribution < -0.4 is 4.74 Å². The number of esters is 3. The minimum Gasteiger partial charge on any atom is -0.497 e. The topological polar surface area (TPSA) is 201 Å². The van der Waals surface area contributed by atoms with Crippen molar-refractivity contribution in [3.8, 4) is 5.75 Å². The molecule has 63 heavy (non-hydrogen) atoms. The number of carbonyl (C=O) groups excluding carboxylic acids is 3. The molecule has 0 aromatic heterocycles. The molecule has 4 unspecified atom stereocenters. The predicted molar refractivity (Wildman–Crippen MR) is 222 cm³/mol. The monoisotopic (exact) mass is 869 g/mol. The van der Waals surface area contributed by atoms with E-state index in [0.717, 1.165) is 37.6 Å². The molecule has 2 aliphatic rings. The summed E-state index contributed by atoms with van der Waals surface area (Å²) in [5.41, 5.74) is 13.3. The Morgan fingerprint density at radius 3 is 1.65 bits per heavy atom. The van der Waals surface area contributed by atoms with Gasteiger partial charge < -0.3 is 52.1 Å². The van der Waals surface area contributed by atoms with Gasteiger partial charge in [0, 0.05) is 18.8 Å². The molecule has 2 aliphatic heterocycles. The van der Waals surface area contributed by atoms with Gasteiger partial charge in [-0.2, -0.15) is 0 Å². The summed E-state index contributed by atoms with van der Waals surface area (Å²) < 4.78 is 67.1. The molecule has 2 heterocycles. The Bertz CT molecular complexity index is 2090. The number of hydrogen-bond donors (Lipinski definition) is 0. The third-order valence-corrected chi connectivity index (χ3v) is 10.2. The summed E-state index contributed by atoms with van der Waals surface area (Å²) in [4.78, 5) is 41.8. The summed E-state index contributed by atoms with van der Waals surface area (Å²) in [7, 11) is 2.72.